The zero-order valence-electron chi connectivity index (χ0n) is 5.35. The number of rotatable bonds is 0. The molecule has 0 fully saturated rings. The van der Waals surface area contributed by atoms with Crippen LogP contribution in [0.2, 0.25) is 0 Å². The van der Waals surface area contributed by atoms with Crippen molar-refractivity contribution in [3.8, 4) is 0 Å². The van der Waals surface area contributed by atoms with Gasteiger partial charge in [0.15, 0.2) is 0 Å². The second kappa shape index (κ2) is 15.3. The van der Waals surface area contributed by atoms with Crippen LogP contribution in [0.15, 0.2) is 0 Å². The molecule has 0 spiro atoms. The first-order chi connectivity index (χ1) is 4.00. The second-order valence-electron chi connectivity index (χ2n) is 0.928. The fourth-order valence-corrected chi connectivity index (χ4v) is 0. The van der Waals surface area contributed by atoms with Gasteiger partial charge < -0.3 is 14.7 Å². The van der Waals surface area contributed by atoms with Crippen LogP contribution in [0.5, 0.6) is 0 Å². The van der Waals surface area contributed by atoms with Gasteiger partial charge in [-0.1, -0.05) is 0 Å². The van der Waals surface area contributed by atoms with Gasteiger partial charge in [-0.15, -0.1) is 0 Å². The molecule has 0 rings (SSSR count). The monoisotopic (exact) mass is 397 g/mol. The molecule has 0 unspecified atom stereocenters. The third-order valence-electron chi connectivity index (χ3n) is 0. The summed E-state index contributed by atoms with van der Waals surface area (Å²) in [7, 11) is -4.64. The van der Waals surface area contributed by atoms with Gasteiger partial charge in [-0.25, -0.2) is 4.57 Å². The molecule has 0 saturated heterocycles. The van der Waals surface area contributed by atoms with E-state index in [1.807, 2.05) is 0 Å². The Labute approximate surface area is 125 Å². The van der Waals surface area contributed by atoms with Crippen LogP contribution in [-0.4, -0.2) is 41.9 Å². The summed E-state index contributed by atoms with van der Waals surface area (Å²) in [5.74, 6) is 0. The van der Waals surface area contributed by atoms with E-state index in [4.69, 9.17) is 35.3 Å². The summed E-state index contributed by atoms with van der Waals surface area (Å²) in [5, 5.41) is 0. The van der Waals surface area contributed by atoms with Gasteiger partial charge in [0.25, 0.3) is 0 Å². The molecule has 14 heavy (non-hydrogen) atoms. The fourth-order valence-electron chi connectivity index (χ4n) is 0. The molecule has 0 aromatic heterocycles. The van der Waals surface area contributed by atoms with Crippen LogP contribution in [0.1, 0.15) is 0 Å². The molecule has 0 aromatic carbocycles. The molecular weight excluding hydrogens is 391 g/mol. The van der Waals surface area contributed by atoms with E-state index in [-0.39, 0.29) is 69.8 Å². The van der Waals surface area contributed by atoms with E-state index in [1.165, 1.54) is 0 Å². The average Bonchev–Trinajstić information content (AvgIpc) is 1.12. The molecule has 0 aromatic rings. The molecule has 0 amide bonds. The Bertz CT molecular complexity index is 205. The van der Waals surface area contributed by atoms with E-state index >= 15 is 0 Å². The van der Waals surface area contributed by atoms with Gasteiger partial charge in [0.05, 0.1) is 0 Å². The molecule has 5 N–H and O–H groups in total. The van der Waals surface area contributed by atoms with Gasteiger partial charge in [-0.3, -0.25) is 0 Å². The van der Waals surface area contributed by atoms with Crippen LogP contribution in [-0.2, 0) is 76.5 Å². The Morgan fingerprint density at radius 3 is 1.00 bits per heavy atom. The van der Waals surface area contributed by atoms with Crippen molar-refractivity contribution in [2.24, 2.45) is 0 Å². The first-order valence-electron chi connectivity index (χ1n) is 1.43. The van der Waals surface area contributed by atoms with E-state index in [2.05, 4.69) is 0 Å². The summed E-state index contributed by atoms with van der Waals surface area (Å²) in [4.78, 5) is 21.6. The van der Waals surface area contributed by atoms with Gasteiger partial charge >= 0.3 is 56.1 Å². The zero-order valence-corrected chi connectivity index (χ0v) is 10.8. The van der Waals surface area contributed by atoms with Crippen LogP contribution in [0.4, 0.5) is 0 Å². The first-order valence-corrected chi connectivity index (χ1v) is 5.01. The molecule has 0 aliphatic carbocycles. The summed E-state index contributed by atoms with van der Waals surface area (Å²) in [6.07, 6.45) is 0. The zero-order chi connectivity index (χ0) is 9.00. The predicted octanol–water partition coefficient (Wildman–Crippen LogP) is -2.94. The molecule has 0 aliphatic heterocycles. The molecule has 2 radical (unpaired) electrons. The van der Waals surface area contributed by atoms with Crippen molar-refractivity contribution in [1.82, 2.24) is 0 Å². The Morgan fingerprint density at radius 1 is 1.00 bits per heavy atom. The molecule has 0 aliphatic rings. The van der Waals surface area contributed by atoms with Crippen LogP contribution >= 0.6 is 7.82 Å². The van der Waals surface area contributed by atoms with Crippen LogP contribution in [0, 0.1) is 0 Å². The maximum absolute atomic E-state index is 8.88. The van der Waals surface area contributed by atoms with Crippen molar-refractivity contribution in [3.05, 3.63) is 0 Å². The molecule has 0 saturated carbocycles. The summed E-state index contributed by atoms with van der Waals surface area (Å²) < 4.78 is 40.7. The van der Waals surface area contributed by atoms with Crippen molar-refractivity contribution in [3.63, 3.8) is 0 Å². The SMILES string of the molecule is O=P(O)(O)O.[Co].[Fe].[LiH].[Mn].[O]=[Mn](=[O])([OH])[OH]. The Kier molecular flexibility index (Phi) is 39.3. The molecule has 14 heteroatoms. The van der Waals surface area contributed by atoms with E-state index in [9.17, 15) is 0 Å². The third kappa shape index (κ3) is 481. The molecular formula is H6CoFeLiMn2O8P. The minimum atomic E-state index is -5.12. The number of phosphoric acid groups is 1. The summed E-state index contributed by atoms with van der Waals surface area (Å²) in [6, 6.07) is 0. The van der Waals surface area contributed by atoms with Crippen LogP contribution < -0.4 is 0 Å². The van der Waals surface area contributed by atoms with E-state index < -0.39 is 21.2 Å². The van der Waals surface area contributed by atoms with Gasteiger partial charge in [0.2, 0.25) is 0 Å². The average molecular weight is 397 g/mol. The fraction of sp³-hybridized carbons (Fsp3) is 0. The van der Waals surface area contributed by atoms with Crippen molar-refractivity contribution in [1.29, 1.82) is 0 Å². The minimum absolute atomic E-state index is 0. The van der Waals surface area contributed by atoms with E-state index in [0.29, 0.717) is 0 Å². The van der Waals surface area contributed by atoms with Gasteiger partial charge in [0.1, 0.15) is 0 Å². The summed E-state index contributed by atoms with van der Waals surface area (Å²) >= 11 is -5.12. The molecule has 0 heterocycles. The number of hydrogen-bond donors (Lipinski definition) is 5. The number of hydrogen-bond acceptors (Lipinski definition) is 3. The Morgan fingerprint density at radius 2 is 1.00 bits per heavy atom. The summed E-state index contributed by atoms with van der Waals surface area (Å²) in [5.41, 5.74) is 0. The van der Waals surface area contributed by atoms with Gasteiger partial charge in [0, 0.05) is 50.9 Å². The Balaban J connectivity index is -0.0000000178. The van der Waals surface area contributed by atoms with E-state index in [0.717, 1.165) is 0 Å². The van der Waals surface area contributed by atoms with Crippen LogP contribution in [0.25, 0.3) is 0 Å². The molecule has 8 nitrogen and oxygen atoms in total. The van der Waals surface area contributed by atoms with Crippen molar-refractivity contribution < 1.29 is 99.6 Å². The quantitative estimate of drug-likeness (QED) is 0.215. The maximum atomic E-state index is 8.88. The molecule has 0 atom stereocenters. The van der Waals surface area contributed by atoms with Crippen molar-refractivity contribution in [2.45, 2.75) is 0 Å². The standard InChI is InChI=1S/Co.Fe.Li.2Mn.H3O4P.2H2O.2O.H/c;;;;;1-5(2,3)4;;;;;/h;;;;;(H3,1,2,3,4);2*1H2;;;/q;;;;+2;;;;;;/p-2. The Hall–Kier alpha value is 2.29. The summed E-state index contributed by atoms with van der Waals surface area (Å²) in [6.45, 7) is 0. The van der Waals surface area contributed by atoms with Gasteiger partial charge in [-0.2, -0.15) is 0 Å². The van der Waals surface area contributed by atoms with Crippen molar-refractivity contribution >= 4 is 26.7 Å². The third-order valence-corrected chi connectivity index (χ3v) is 0. The molecule has 0 bridgehead atoms. The van der Waals surface area contributed by atoms with Crippen LogP contribution in [0.3, 0.4) is 0 Å². The molecule has 91 valence electrons. The van der Waals surface area contributed by atoms with E-state index in [1.54, 1.807) is 0 Å². The van der Waals surface area contributed by atoms with Crippen molar-refractivity contribution in [2.75, 3.05) is 0 Å². The predicted molar refractivity (Wildman–Crippen MR) is 27.2 cm³/mol. The topological polar surface area (TPSA) is 152 Å². The second-order valence-corrected chi connectivity index (χ2v) is 3.25. The van der Waals surface area contributed by atoms with Gasteiger partial charge in [-0.05, 0) is 0 Å². The normalized spacial score (nSPS) is 8.36. The first kappa shape index (κ1) is 36.0.